The molecule has 0 spiro atoms. The van der Waals surface area contributed by atoms with Crippen molar-refractivity contribution < 1.29 is 30.0 Å². The monoisotopic (exact) mass is 350 g/mol. The number of aliphatic carboxylic acids is 2. The molecule has 146 valence electrons. The van der Waals surface area contributed by atoms with Crippen LogP contribution in [0, 0.1) is 0 Å². The number of hydrogen-bond donors (Lipinski definition) is 4. The van der Waals surface area contributed by atoms with Gasteiger partial charge in [0.15, 0.2) is 0 Å². The maximum Gasteiger partial charge on any atom is 0.300 e. The molecular formula is C18H38O6. The molecule has 1 atom stereocenters. The Hall–Kier alpha value is -1.14. The van der Waals surface area contributed by atoms with Crippen LogP contribution in [0.5, 0.6) is 0 Å². The van der Waals surface area contributed by atoms with Gasteiger partial charge >= 0.3 is 0 Å². The van der Waals surface area contributed by atoms with E-state index in [4.69, 9.17) is 24.9 Å². The molecule has 0 heterocycles. The third kappa shape index (κ3) is 49.7. The average Bonchev–Trinajstić information content (AvgIpc) is 2.44. The second-order valence-corrected chi connectivity index (χ2v) is 5.82. The van der Waals surface area contributed by atoms with E-state index in [2.05, 4.69) is 6.92 Å². The quantitative estimate of drug-likeness (QED) is 0.398. The van der Waals surface area contributed by atoms with Crippen LogP contribution in [0.3, 0.4) is 0 Å². The summed E-state index contributed by atoms with van der Waals surface area (Å²) in [7, 11) is 0. The summed E-state index contributed by atoms with van der Waals surface area (Å²) in [6.45, 7) is 4.52. The molecule has 4 N–H and O–H groups in total. The topological polar surface area (TPSA) is 115 Å². The van der Waals surface area contributed by atoms with Gasteiger partial charge in [-0.1, -0.05) is 64.7 Å². The van der Waals surface area contributed by atoms with E-state index in [-0.39, 0.29) is 12.7 Å². The van der Waals surface area contributed by atoms with Gasteiger partial charge in [-0.2, -0.15) is 0 Å². The van der Waals surface area contributed by atoms with Gasteiger partial charge in [0.05, 0.1) is 6.10 Å². The molecule has 0 aromatic rings. The number of rotatable bonds is 12. The number of unbranched alkanes of at least 4 members (excludes halogenated alkanes) is 8. The second-order valence-electron chi connectivity index (χ2n) is 5.82. The third-order valence-corrected chi connectivity index (χ3v) is 3.10. The Kier molecular flexibility index (Phi) is 27.8. The number of carbonyl (C=O) groups is 2. The Balaban J connectivity index is -0.000000457. The summed E-state index contributed by atoms with van der Waals surface area (Å²) in [5, 5.41) is 32.8. The van der Waals surface area contributed by atoms with Gasteiger partial charge in [0, 0.05) is 20.5 Å². The van der Waals surface area contributed by atoms with Crippen LogP contribution in [-0.2, 0) is 9.59 Å². The number of carboxylic acids is 2. The van der Waals surface area contributed by atoms with Crippen molar-refractivity contribution in [1.29, 1.82) is 0 Å². The van der Waals surface area contributed by atoms with E-state index in [0.29, 0.717) is 6.42 Å². The molecule has 0 radical (unpaired) electrons. The summed E-state index contributed by atoms with van der Waals surface area (Å²) in [4.78, 5) is 18.0. The number of aliphatic hydroxyl groups is 2. The lowest BCUT2D eigenvalue weighted by Gasteiger charge is -2.07. The number of carboxylic acid groups (broad SMARTS) is 2. The Morgan fingerprint density at radius 3 is 1.42 bits per heavy atom. The lowest BCUT2D eigenvalue weighted by atomic mass is 10.0. The smallest absolute Gasteiger partial charge is 0.300 e. The van der Waals surface area contributed by atoms with Gasteiger partial charge < -0.3 is 20.4 Å². The summed E-state index contributed by atoms with van der Waals surface area (Å²) in [6.07, 6.45) is 13.0. The Morgan fingerprint density at radius 2 is 1.08 bits per heavy atom. The zero-order chi connectivity index (χ0) is 19.2. The van der Waals surface area contributed by atoms with Crippen LogP contribution >= 0.6 is 0 Å². The van der Waals surface area contributed by atoms with Crippen molar-refractivity contribution in [2.24, 2.45) is 0 Å². The van der Waals surface area contributed by atoms with Crippen LogP contribution in [0.4, 0.5) is 0 Å². The van der Waals surface area contributed by atoms with E-state index in [1.54, 1.807) is 0 Å². The Morgan fingerprint density at radius 1 is 0.750 bits per heavy atom. The van der Waals surface area contributed by atoms with Crippen LogP contribution in [0.15, 0.2) is 0 Å². The van der Waals surface area contributed by atoms with Crippen molar-refractivity contribution in [2.75, 3.05) is 6.61 Å². The molecule has 0 saturated carbocycles. The predicted molar refractivity (Wildman–Crippen MR) is 96.2 cm³/mol. The Bertz CT molecular complexity index is 248. The first kappa shape index (κ1) is 27.7. The molecule has 0 aliphatic rings. The van der Waals surface area contributed by atoms with Crippen molar-refractivity contribution in [1.82, 2.24) is 0 Å². The largest absolute Gasteiger partial charge is 0.481 e. The number of aliphatic hydroxyl groups excluding tert-OH is 2. The minimum atomic E-state index is -0.833. The minimum Gasteiger partial charge on any atom is -0.481 e. The molecule has 0 rings (SSSR count). The van der Waals surface area contributed by atoms with E-state index < -0.39 is 11.9 Å². The molecule has 0 aliphatic carbocycles. The van der Waals surface area contributed by atoms with Crippen LogP contribution in [0.2, 0.25) is 0 Å². The second kappa shape index (κ2) is 24.1. The predicted octanol–water partition coefficient (Wildman–Crippen LogP) is 3.83. The molecule has 0 bridgehead atoms. The molecule has 6 nitrogen and oxygen atoms in total. The molecule has 0 aromatic heterocycles. The lowest BCUT2D eigenvalue weighted by Crippen LogP contribution is -2.08. The van der Waals surface area contributed by atoms with Crippen molar-refractivity contribution in [3.05, 3.63) is 0 Å². The maximum absolute atomic E-state index is 9.39. The molecule has 0 amide bonds. The fourth-order valence-electron chi connectivity index (χ4n) is 1.98. The van der Waals surface area contributed by atoms with Crippen molar-refractivity contribution >= 4 is 11.9 Å². The molecule has 0 fully saturated rings. The highest BCUT2D eigenvalue weighted by Gasteiger charge is 2.01. The molecule has 6 heteroatoms. The van der Waals surface area contributed by atoms with E-state index in [1.807, 2.05) is 0 Å². The minimum absolute atomic E-state index is 0.110. The highest BCUT2D eigenvalue weighted by atomic mass is 16.4. The van der Waals surface area contributed by atoms with E-state index in [1.165, 1.54) is 51.4 Å². The summed E-state index contributed by atoms with van der Waals surface area (Å²) in [5.41, 5.74) is 0. The van der Waals surface area contributed by atoms with Crippen molar-refractivity contribution in [3.63, 3.8) is 0 Å². The third-order valence-electron chi connectivity index (χ3n) is 3.10. The molecule has 0 saturated heterocycles. The van der Waals surface area contributed by atoms with Gasteiger partial charge in [0.1, 0.15) is 0 Å². The lowest BCUT2D eigenvalue weighted by molar-refractivity contribution is -0.135. The van der Waals surface area contributed by atoms with Gasteiger partial charge in [0.25, 0.3) is 11.9 Å². The van der Waals surface area contributed by atoms with Gasteiger partial charge in [-0.25, -0.2) is 0 Å². The standard InChI is InChI=1S/C14H30O2.2C2H4O2/c1-2-3-4-5-6-7-8-9-10-11-14(16)12-13-15;2*1-2(3)4/h14-16H,2-13H2,1H3;2*1H3,(H,3,4). The average molecular weight is 350 g/mol. The zero-order valence-corrected chi connectivity index (χ0v) is 15.7. The molecule has 0 aliphatic heterocycles. The van der Waals surface area contributed by atoms with Gasteiger partial charge in [-0.15, -0.1) is 0 Å². The maximum atomic E-state index is 9.39. The SMILES string of the molecule is CC(=O)O.CC(=O)O.CCCCCCCCCCCC(O)CCO. The van der Waals surface area contributed by atoms with E-state index in [0.717, 1.165) is 26.7 Å². The highest BCUT2D eigenvalue weighted by molar-refractivity contribution is 5.63. The fourth-order valence-corrected chi connectivity index (χ4v) is 1.98. The van der Waals surface area contributed by atoms with Gasteiger partial charge in [-0.05, 0) is 12.8 Å². The number of hydrogen-bond acceptors (Lipinski definition) is 4. The van der Waals surface area contributed by atoms with Gasteiger partial charge in [0.2, 0.25) is 0 Å². The van der Waals surface area contributed by atoms with Crippen LogP contribution < -0.4 is 0 Å². The summed E-state index contributed by atoms with van der Waals surface area (Å²) in [6, 6.07) is 0. The van der Waals surface area contributed by atoms with E-state index in [9.17, 15) is 5.11 Å². The van der Waals surface area contributed by atoms with Crippen LogP contribution in [0.25, 0.3) is 0 Å². The van der Waals surface area contributed by atoms with Gasteiger partial charge in [-0.3, -0.25) is 9.59 Å². The van der Waals surface area contributed by atoms with E-state index >= 15 is 0 Å². The van der Waals surface area contributed by atoms with Crippen LogP contribution in [0.1, 0.15) is 91.4 Å². The highest BCUT2D eigenvalue weighted by Crippen LogP contribution is 2.11. The first-order chi connectivity index (χ1) is 11.3. The summed E-state index contributed by atoms with van der Waals surface area (Å²) in [5.74, 6) is -1.67. The van der Waals surface area contributed by atoms with Crippen molar-refractivity contribution in [3.8, 4) is 0 Å². The first-order valence-electron chi connectivity index (χ1n) is 8.95. The Labute approximate surface area is 146 Å². The van der Waals surface area contributed by atoms with Crippen molar-refractivity contribution in [2.45, 2.75) is 97.5 Å². The first-order valence-corrected chi connectivity index (χ1v) is 8.95. The van der Waals surface area contributed by atoms with Crippen LogP contribution in [-0.4, -0.2) is 45.1 Å². The normalized spacial score (nSPS) is 10.7. The fraction of sp³-hybridized carbons (Fsp3) is 0.889. The molecule has 0 aromatic carbocycles. The summed E-state index contributed by atoms with van der Waals surface area (Å²) >= 11 is 0. The molecular weight excluding hydrogens is 312 g/mol. The zero-order valence-electron chi connectivity index (χ0n) is 15.7. The summed E-state index contributed by atoms with van der Waals surface area (Å²) < 4.78 is 0. The molecule has 24 heavy (non-hydrogen) atoms. The molecule has 1 unspecified atom stereocenters.